The minimum Gasteiger partial charge on any atom is -0.341 e. The summed E-state index contributed by atoms with van der Waals surface area (Å²) >= 11 is 0. The van der Waals surface area contributed by atoms with E-state index >= 15 is 0 Å². The van der Waals surface area contributed by atoms with Crippen molar-refractivity contribution in [3.05, 3.63) is 42.5 Å². The van der Waals surface area contributed by atoms with Crippen molar-refractivity contribution in [2.24, 2.45) is 5.92 Å². The van der Waals surface area contributed by atoms with Crippen LogP contribution in [0.3, 0.4) is 0 Å². The van der Waals surface area contributed by atoms with Gasteiger partial charge in [0.2, 0.25) is 15.9 Å². The van der Waals surface area contributed by atoms with E-state index in [1.807, 2.05) is 24.3 Å². The Kier molecular flexibility index (Phi) is 4.89. The third-order valence-electron chi connectivity index (χ3n) is 5.65. The Morgan fingerprint density at radius 3 is 2.43 bits per heavy atom. The van der Waals surface area contributed by atoms with Gasteiger partial charge in [0.25, 0.3) is 0 Å². The van der Waals surface area contributed by atoms with Gasteiger partial charge in [0.15, 0.2) is 0 Å². The number of piperidine rings is 1. The second-order valence-corrected chi connectivity index (χ2v) is 9.40. The minimum atomic E-state index is -3.18. The SMILES string of the molecule is CCn1c2ccccc2c2cc(NC(=O)C3CCN(S(C)(=O)=O)CC3)ccc21. The predicted octanol–water partition coefficient (Wildman–Crippen LogP) is 3.42. The van der Waals surface area contributed by atoms with Crippen LogP contribution < -0.4 is 5.32 Å². The molecule has 1 fully saturated rings. The predicted molar refractivity (Wildman–Crippen MR) is 113 cm³/mol. The van der Waals surface area contributed by atoms with Crippen LogP contribution in [-0.2, 0) is 21.4 Å². The molecule has 1 saturated heterocycles. The number of sulfonamides is 1. The van der Waals surface area contributed by atoms with E-state index in [1.54, 1.807) is 0 Å². The maximum Gasteiger partial charge on any atom is 0.227 e. The molecular formula is C21H25N3O3S. The van der Waals surface area contributed by atoms with E-state index < -0.39 is 10.0 Å². The van der Waals surface area contributed by atoms with Crippen LogP contribution in [0.1, 0.15) is 19.8 Å². The summed E-state index contributed by atoms with van der Waals surface area (Å²) in [6, 6.07) is 14.3. The van der Waals surface area contributed by atoms with Gasteiger partial charge in [-0.2, -0.15) is 0 Å². The largest absolute Gasteiger partial charge is 0.341 e. The Balaban J connectivity index is 1.56. The molecule has 28 heavy (non-hydrogen) atoms. The molecule has 0 spiro atoms. The Labute approximate surface area is 165 Å². The molecule has 7 heteroatoms. The molecule has 2 heterocycles. The number of aryl methyl sites for hydroxylation is 1. The molecule has 0 atom stereocenters. The van der Waals surface area contributed by atoms with Crippen molar-refractivity contribution >= 4 is 43.4 Å². The molecule has 2 aromatic carbocycles. The van der Waals surface area contributed by atoms with Crippen molar-refractivity contribution in [3.63, 3.8) is 0 Å². The molecule has 0 saturated carbocycles. The third-order valence-corrected chi connectivity index (χ3v) is 6.95. The summed E-state index contributed by atoms with van der Waals surface area (Å²) in [5, 5.41) is 5.34. The minimum absolute atomic E-state index is 0.0354. The smallest absolute Gasteiger partial charge is 0.227 e. The Hall–Kier alpha value is -2.38. The topological polar surface area (TPSA) is 71.4 Å². The molecule has 4 rings (SSSR count). The molecular weight excluding hydrogens is 374 g/mol. The normalized spacial score (nSPS) is 16.6. The van der Waals surface area contributed by atoms with Crippen molar-refractivity contribution < 1.29 is 13.2 Å². The van der Waals surface area contributed by atoms with E-state index in [4.69, 9.17) is 0 Å². The standard InChI is InChI=1S/C21H25N3O3S/c1-3-24-19-7-5-4-6-17(19)18-14-16(8-9-20(18)24)22-21(25)15-10-12-23(13-11-15)28(2,26)27/h4-9,14-15H,3,10-13H2,1-2H3,(H,22,25). The number of anilines is 1. The summed E-state index contributed by atoms with van der Waals surface area (Å²) in [7, 11) is -3.18. The second kappa shape index (κ2) is 7.22. The van der Waals surface area contributed by atoms with Crippen LogP contribution in [0.15, 0.2) is 42.5 Å². The molecule has 0 aliphatic carbocycles. The fourth-order valence-corrected chi connectivity index (χ4v) is 5.04. The highest BCUT2D eigenvalue weighted by atomic mass is 32.2. The molecule has 1 aliphatic rings. The highest BCUT2D eigenvalue weighted by Crippen LogP contribution is 2.31. The van der Waals surface area contributed by atoms with Crippen LogP contribution in [0.25, 0.3) is 21.8 Å². The average Bonchev–Trinajstić information content (AvgIpc) is 3.00. The van der Waals surface area contributed by atoms with Gasteiger partial charge in [-0.3, -0.25) is 4.79 Å². The van der Waals surface area contributed by atoms with Crippen LogP contribution in [0.2, 0.25) is 0 Å². The Morgan fingerprint density at radius 2 is 1.75 bits per heavy atom. The first-order chi connectivity index (χ1) is 13.4. The monoisotopic (exact) mass is 399 g/mol. The number of fused-ring (bicyclic) bond motifs is 3. The Bertz CT molecular complexity index is 1140. The third kappa shape index (κ3) is 3.40. The van der Waals surface area contributed by atoms with E-state index in [2.05, 4.69) is 35.0 Å². The van der Waals surface area contributed by atoms with Crippen LogP contribution in [0.5, 0.6) is 0 Å². The molecule has 1 amide bonds. The van der Waals surface area contributed by atoms with Gasteiger partial charge in [-0.25, -0.2) is 12.7 Å². The number of benzene rings is 2. The van der Waals surface area contributed by atoms with Gasteiger partial charge in [0.05, 0.1) is 6.26 Å². The second-order valence-electron chi connectivity index (χ2n) is 7.42. The molecule has 1 aromatic heterocycles. The molecule has 3 aromatic rings. The van der Waals surface area contributed by atoms with Crippen molar-refractivity contribution in [3.8, 4) is 0 Å². The number of para-hydroxylation sites is 1. The van der Waals surface area contributed by atoms with Crippen molar-refractivity contribution in [2.75, 3.05) is 24.7 Å². The summed E-state index contributed by atoms with van der Waals surface area (Å²) < 4.78 is 27.0. The number of hydrogen-bond donors (Lipinski definition) is 1. The summed E-state index contributed by atoms with van der Waals surface area (Å²) in [4.78, 5) is 12.7. The summed E-state index contributed by atoms with van der Waals surface area (Å²) in [6.07, 6.45) is 2.32. The average molecular weight is 400 g/mol. The van der Waals surface area contributed by atoms with Gasteiger partial charge in [0.1, 0.15) is 0 Å². The van der Waals surface area contributed by atoms with E-state index in [1.165, 1.54) is 21.5 Å². The van der Waals surface area contributed by atoms with Crippen molar-refractivity contribution in [1.29, 1.82) is 0 Å². The lowest BCUT2D eigenvalue weighted by Crippen LogP contribution is -2.40. The number of carbonyl (C=O) groups is 1. The summed E-state index contributed by atoms with van der Waals surface area (Å²) in [5.41, 5.74) is 3.13. The molecule has 0 unspecified atom stereocenters. The first kappa shape index (κ1) is 19.0. The number of rotatable bonds is 4. The van der Waals surface area contributed by atoms with Crippen molar-refractivity contribution in [1.82, 2.24) is 8.87 Å². The van der Waals surface area contributed by atoms with Gasteiger partial charge in [-0.1, -0.05) is 18.2 Å². The van der Waals surface area contributed by atoms with Gasteiger partial charge in [-0.15, -0.1) is 0 Å². The zero-order valence-corrected chi connectivity index (χ0v) is 17.0. The molecule has 1 aliphatic heterocycles. The highest BCUT2D eigenvalue weighted by molar-refractivity contribution is 7.88. The maximum atomic E-state index is 12.7. The molecule has 0 radical (unpaired) electrons. The zero-order chi connectivity index (χ0) is 19.9. The lowest BCUT2D eigenvalue weighted by atomic mass is 9.97. The summed E-state index contributed by atoms with van der Waals surface area (Å²) in [5.74, 6) is -0.197. The molecule has 6 nitrogen and oxygen atoms in total. The number of nitrogens with zero attached hydrogens (tertiary/aromatic N) is 2. The van der Waals surface area contributed by atoms with Gasteiger partial charge < -0.3 is 9.88 Å². The Morgan fingerprint density at radius 1 is 1.07 bits per heavy atom. The van der Waals surface area contributed by atoms with E-state index in [0.717, 1.165) is 23.1 Å². The molecule has 148 valence electrons. The fraction of sp³-hybridized carbons (Fsp3) is 0.381. The van der Waals surface area contributed by atoms with Gasteiger partial charge >= 0.3 is 0 Å². The maximum absolute atomic E-state index is 12.7. The fourth-order valence-electron chi connectivity index (χ4n) is 4.17. The first-order valence-corrected chi connectivity index (χ1v) is 11.5. The first-order valence-electron chi connectivity index (χ1n) is 9.65. The van der Waals surface area contributed by atoms with Gasteiger partial charge in [0, 0.05) is 53.0 Å². The number of amides is 1. The van der Waals surface area contributed by atoms with E-state index in [9.17, 15) is 13.2 Å². The van der Waals surface area contributed by atoms with Crippen molar-refractivity contribution in [2.45, 2.75) is 26.3 Å². The van der Waals surface area contributed by atoms with E-state index in [-0.39, 0.29) is 11.8 Å². The van der Waals surface area contributed by atoms with Crippen LogP contribution in [0, 0.1) is 5.92 Å². The lowest BCUT2D eigenvalue weighted by Gasteiger charge is -2.29. The lowest BCUT2D eigenvalue weighted by molar-refractivity contribution is -0.120. The number of nitrogens with one attached hydrogen (secondary N) is 1. The summed E-state index contributed by atoms with van der Waals surface area (Å²) in [6.45, 7) is 3.82. The number of carbonyl (C=O) groups excluding carboxylic acids is 1. The van der Waals surface area contributed by atoms with Crippen LogP contribution in [-0.4, -0.2) is 42.5 Å². The van der Waals surface area contributed by atoms with Crippen LogP contribution >= 0.6 is 0 Å². The van der Waals surface area contributed by atoms with Gasteiger partial charge in [-0.05, 0) is 44.0 Å². The van der Waals surface area contributed by atoms with E-state index in [0.29, 0.717) is 25.9 Å². The quantitative estimate of drug-likeness (QED) is 0.731. The highest BCUT2D eigenvalue weighted by Gasteiger charge is 2.29. The van der Waals surface area contributed by atoms with Crippen LogP contribution in [0.4, 0.5) is 5.69 Å². The molecule has 1 N–H and O–H groups in total. The zero-order valence-electron chi connectivity index (χ0n) is 16.2. The molecule has 0 bridgehead atoms. The number of hydrogen-bond acceptors (Lipinski definition) is 3. The number of aromatic nitrogens is 1.